The second-order valence-electron chi connectivity index (χ2n) is 4.65. The van der Waals surface area contributed by atoms with Crippen molar-refractivity contribution in [3.63, 3.8) is 0 Å². The van der Waals surface area contributed by atoms with Gasteiger partial charge in [-0.15, -0.1) is 0 Å². The third-order valence-electron chi connectivity index (χ3n) is 3.38. The number of hydrogen-bond acceptors (Lipinski definition) is 3. The van der Waals surface area contributed by atoms with Gasteiger partial charge in [-0.2, -0.15) is 0 Å². The highest BCUT2D eigenvalue weighted by atomic mass is 16.5. The molecule has 0 N–H and O–H groups in total. The van der Waals surface area contributed by atoms with Crippen LogP contribution in [0.25, 0.3) is 0 Å². The maximum atomic E-state index is 10.9. The summed E-state index contributed by atoms with van der Waals surface area (Å²) in [5.41, 5.74) is 2.20. The number of aromatic nitrogens is 1. The first-order chi connectivity index (χ1) is 8.27. The van der Waals surface area contributed by atoms with Crippen LogP contribution in [0.1, 0.15) is 56.2 Å². The van der Waals surface area contributed by atoms with Crippen molar-refractivity contribution in [2.45, 2.75) is 51.6 Å². The Balaban J connectivity index is 2.11. The number of ether oxygens (including phenoxy) is 1. The average molecular weight is 233 g/mol. The van der Waals surface area contributed by atoms with Crippen molar-refractivity contribution in [2.75, 3.05) is 0 Å². The zero-order chi connectivity index (χ0) is 12.1. The van der Waals surface area contributed by atoms with Crippen LogP contribution in [-0.4, -0.2) is 11.0 Å². The molecule has 3 heteroatoms. The summed E-state index contributed by atoms with van der Waals surface area (Å²) in [6.45, 7) is 1.74. The van der Waals surface area contributed by atoms with E-state index in [-0.39, 0.29) is 5.97 Å². The Morgan fingerprint density at radius 3 is 2.88 bits per heavy atom. The first-order valence-electron chi connectivity index (χ1n) is 6.34. The second-order valence-corrected chi connectivity index (χ2v) is 4.65. The SMILES string of the molecule is CC(=O)OCc1ncccc1C1CCCCC1. The molecule has 1 aliphatic rings. The lowest BCUT2D eigenvalue weighted by molar-refractivity contribution is -0.142. The van der Waals surface area contributed by atoms with Gasteiger partial charge in [-0.25, -0.2) is 0 Å². The van der Waals surface area contributed by atoms with E-state index in [0.717, 1.165) is 5.69 Å². The van der Waals surface area contributed by atoms with E-state index in [9.17, 15) is 4.79 Å². The Bertz CT molecular complexity index is 384. The number of pyridine rings is 1. The molecular weight excluding hydrogens is 214 g/mol. The van der Waals surface area contributed by atoms with Crippen molar-refractivity contribution in [1.82, 2.24) is 4.98 Å². The maximum absolute atomic E-state index is 10.9. The molecule has 0 bridgehead atoms. The molecule has 0 aliphatic heterocycles. The highest BCUT2D eigenvalue weighted by Gasteiger charge is 2.19. The van der Waals surface area contributed by atoms with Crippen LogP contribution < -0.4 is 0 Å². The minimum Gasteiger partial charge on any atom is -0.459 e. The smallest absolute Gasteiger partial charge is 0.303 e. The number of nitrogens with zero attached hydrogens (tertiary/aromatic N) is 1. The van der Waals surface area contributed by atoms with E-state index in [1.54, 1.807) is 6.20 Å². The van der Waals surface area contributed by atoms with Gasteiger partial charge in [-0.3, -0.25) is 9.78 Å². The molecule has 2 rings (SSSR count). The van der Waals surface area contributed by atoms with Crippen molar-refractivity contribution in [3.8, 4) is 0 Å². The Hall–Kier alpha value is -1.38. The van der Waals surface area contributed by atoms with E-state index in [4.69, 9.17) is 4.74 Å². The summed E-state index contributed by atoms with van der Waals surface area (Å²) in [6, 6.07) is 4.10. The van der Waals surface area contributed by atoms with Crippen LogP contribution in [0.4, 0.5) is 0 Å². The van der Waals surface area contributed by atoms with Gasteiger partial charge in [0, 0.05) is 13.1 Å². The predicted molar refractivity (Wildman–Crippen MR) is 65.5 cm³/mol. The van der Waals surface area contributed by atoms with E-state index in [1.807, 2.05) is 6.07 Å². The third-order valence-corrected chi connectivity index (χ3v) is 3.38. The Kier molecular flexibility index (Phi) is 4.13. The van der Waals surface area contributed by atoms with Gasteiger partial charge in [0.05, 0.1) is 5.69 Å². The number of carbonyl (C=O) groups excluding carboxylic acids is 1. The number of hydrogen-bond donors (Lipinski definition) is 0. The molecule has 1 aliphatic carbocycles. The molecule has 0 atom stereocenters. The van der Waals surface area contributed by atoms with Gasteiger partial charge in [0.1, 0.15) is 6.61 Å². The summed E-state index contributed by atoms with van der Waals surface area (Å²) < 4.78 is 5.06. The van der Waals surface area contributed by atoms with E-state index in [1.165, 1.54) is 44.6 Å². The quantitative estimate of drug-likeness (QED) is 0.753. The summed E-state index contributed by atoms with van der Waals surface area (Å²) in [7, 11) is 0. The number of carbonyl (C=O) groups is 1. The first kappa shape index (κ1) is 12.1. The molecule has 3 nitrogen and oxygen atoms in total. The summed E-state index contributed by atoms with van der Waals surface area (Å²) in [4.78, 5) is 15.2. The molecule has 0 saturated heterocycles. The normalized spacial score (nSPS) is 16.8. The molecule has 1 fully saturated rings. The standard InChI is InChI=1S/C14H19NO2/c1-11(16)17-10-14-13(8-5-9-15-14)12-6-3-2-4-7-12/h5,8-9,12H,2-4,6-7,10H2,1H3. The fourth-order valence-electron chi connectivity index (χ4n) is 2.53. The Morgan fingerprint density at radius 1 is 1.41 bits per heavy atom. The van der Waals surface area contributed by atoms with Gasteiger partial charge in [0.2, 0.25) is 0 Å². The van der Waals surface area contributed by atoms with Crippen LogP contribution in [0.3, 0.4) is 0 Å². The monoisotopic (exact) mass is 233 g/mol. The van der Waals surface area contributed by atoms with Gasteiger partial charge in [-0.05, 0) is 30.4 Å². The number of rotatable bonds is 3. The minimum atomic E-state index is -0.245. The Morgan fingerprint density at radius 2 is 2.18 bits per heavy atom. The lowest BCUT2D eigenvalue weighted by Gasteiger charge is -2.23. The molecule has 0 unspecified atom stereocenters. The highest BCUT2D eigenvalue weighted by molar-refractivity contribution is 5.65. The second kappa shape index (κ2) is 5.80. The highest BCUT2D eigenvalue weighted by Crippen LogP contribution is 2.33. The van der Waals surface area contributed by atoms with Gasteiger partial charge < -0.3 is 4.74 Å². The molecule has 0 radical (unpaired) electrons. The average Bonchev–Trinajstić information content (AvgIpc) is 2.38. The fourth-order valence-corrected chi connectivity index (χ4v) is 2.53. The molecule has 1 heterocycles. The lowest BCUT2D eigenvalue weighted by atomic mass is 9.83. The van der Waals surface area contributed by atoms with Gasteiger partial charge >= 0.3 is 5.97 Å². The van der Waals surface area contributed by atoms with Gasteiger partial charge in [0.25, 0.3) is 0 Å². The number of esters is 1. The summed E-state index contributed by atoms with van der Waals surface area (Å²) in [5.74, 6) is 0.355. The molecule has 1 aromatic heterocycles. The van der Waals surface area contributed by atoms with E-state index in [2.05, 4.69) is 11.1 Å². The largest absolute Gasteiger partial charge is 0.459 e. The van der Waals surface area contributed by atoms with Crippen molar-refractivity contribution in [2.24, 2.45) is 0 Å². The van der Waals surface area contributed by atoms with Gasteiger partial charge in [0.15, 0.2) is 0 Å². The summed E-state index contributed by atoms with van der Waals surface area (Å²) in [6.07, 6.45) is 8.18. The van der Waals surface area contributed by atoms with E-state index < -0.39 is 0 Å². The third kappa shape index (κ3) is 3.29. The zero-order valence-electron chi connectivity index (χ0n) is 10.3. The van der Waals surface area contributed by atoms with Crippen molar-refractivity contribution >= 4 is 5.97 Å². The van der Waals surface area contributed by atoms with Crippen LogP contribution >= 0.6 is 0 Å². The van der Waals surface area contributed by atoms with E-state index in [0.29, 0.717) is 12.5 Å². The van der Waals surface area contributed by atoms with Crippen LogP contribution in [0.5, 0.6) is 0 Å². The van der Waals surface area contributed by atoms with Crippen molar-refractivity contribution < 1.29 is 9.53 Å². The van der Waals surface area contributed by atoms with Crippen LogP contribution in [0, 0.1) is 0 Å². The maximum Gasteiger partial charge on any atom is 0.303 e. The molecule has 1 saturated carbocycles. The zero-order valence-corrected chi connectivity index (χ0v) is 10.3. The molecule has 0 aromatic carbocycles. The molecule has 0 amide bonds. The van der Waals surface area contributed by atoms with Crippen molar-refractivity contribution in [3.05, 3.63) is 29.6 Å². The topological polar surface area (TPSA) is 39.2 Å². The van der Waals surface area contributed by atoms with Crippen LogP contribution in [0.2, 0.25) is 0 Å². The molecule has 0 spiro atoms. The molecule has 1 aromatic rings. The first-order valence-corrected chi connectivity index (χ1v) is 6.34. The summed E-state index contributed by atoms with van der Waals surface area (Å²) >= 11 is 0. The molecular formula is C14H19NO2. The molecule has 92 valence electrons. The molecule has 17 heavy (non-hydrogen) atoms. The predicted octanol–water partition coefficient (Wildman–Crippen LogP) is 3.19. The summed E-state index contributed by atoms with van der Waals surface area (Å²) in [5, 5.41) is 0. The Labute approximate surface area is 102 Å². The fraction of sp³-hybridized carbons (Fsp3) is 0.571. The van der Waals surface area contributed by atoms with Gasteiger partial charge in [-0.1, -0.05) is 25.3 Å². The van der Waals surface area contributed by atoms with Crippen LogP contribution in [-0.2, 0) is 16.1 Å². The van der Waals surface area contributed by atoms with Crippen molar-refractivity contribution in [1.29, 1.82) is 0 Å². The van der Waals surface area contributed by atoms with E-state index >= 15 is 0 Å². The van der Waals surface area contributed by atoms with Crippen LogP contribution in [0.15, 0.2) is 18.3 Å². The minimum absolute atomic E-state index is 0.245. The lowest BCUT2D eigenvalue weighted by Crippen LogP contribution is -2.10.